The molecule has 0 spiro atoms. The fourth-order valence-electron chi connectivity index (χ4n) is 3.66. The predicted octanol–water partition coefficient (Wildman–Crippen LogP) is 3.24. The summed E-state index contributed by atoms with van der Waals surface area (Å²) in [6.45, 7) is 0.802. The van der Waals surface area contributed by atoms with Crippen molar-refractivity contribution in [1.82, 2.24) is 20.4 Å². The molecule has 3 aromatic rings. The number of benzene rings is 1. The lowest BCUT2D eigenvalue weighted by atomic mass is 9.97. The van der Waals surface area contributed by atoms with Crippen LogP contribution in [-0.2, 0) is 11.3 Å². The first kappa shape index (κ1) is 23.0. The van der Waals surface area contributed by atoms with E-state index in [1.807, 2.05) is 0 Å². The zero-order valence-electron chi connectivity index (χ0n) is 18.0. The molecule has 1 aliphatic heterocycles. The van der Waals surface area contributed by atoms with Crippen molar-refractivity contribution in [2.45, 2.75) is 19.4 Å². The van der Waals surface area contributed by atoms with E-state index in [2.05, 4.69) is 20.4 Å². The number of piperidine rings is 1. The van der Waals surface area contributed by atoms with Gasteiger partial charge in [-0.2, -0.15) is 0 Å². The van der Waals surface area contributed by atoms with Crippen LogP contribution in [0.4, 0.5) is 14.6 Å². The average molecular weight is 468 g/mol. The third-order valence-electron chi connectivity index (χ3n) is 5.54. The lowest BCUT2D eigenvalue weighted by molar-refractivity contribution is -0.142. The molecule has 11 heteroatoms. The second kappa shape index (κ2) is 10.2. The van der Waals surface area contributed by atoms with Gasteiger partial charge in [0, 0.05) is 31.3 Å². The highest BCUT2D eigenvalue weighted by molar-refractivity contribution is 6.07. The summed E-state index contributed by atoms with van der Waals surface area (Å²) in [4.78, 5) is 21.0. The summed E-state index contributed by atoms with van der Waals surface area (Å²) in [7, 11) is 0. The Bertz CT molecular complexity index is 1210. The molecule has 0 bridgehead atoms. The minimum Gasteiger partial charge on any atom is -0.481 e. The number of aliphatic carboxylic acids is 1. The highest BCUT2D eigenvalue weighted by Crippen LogP contribution is 2.24. The lowest BCUT2D eigenvalue weighted by Gasteiger charge is -2.31. The number of carboxylic acid groups (broad SMARTS) is 1. The molecule has 1 aliphatic rings. The van der Waals surface area contributed by atoms with Gasteiger partial charge in [0.15, 0.2) is 17.5 Å². The molecule has 34 heavy (non-hydrogen) atoms. The van der Waals surface area contributed by atoms with Crippen molar-refractivity contribution in [2.75, 3.05) is 18.0 Å². The highest BCUT2D eigenvalue weighted by Gasteiger charge is 2.27. The Hall–Kier alpha value is -4.15. The Morgan fingerprint density at radius 1 is 1.24 bits per heavy atom. The molecule has 0 aliphatic carbocycles. The molecule has 0 unspecified atom stereocenters. The number of nitrogens with one attached hydrogen (secondary N) is 2. The molecule has 0 amide bonds. The van der Waals surface area contributed by atoms with Crippen LogP contribution in [0.15, 0.2) is 53.4 Å². The van der Waals surface area contributed by atoms with Crippen LogP contribution in [0.1, 0.15) is 29.9 Å². The quantitative estimate of drug-likeness (QED) is 0.430. The molecule has 2 aromatic heterocycles. The third-order valence-corrected chi connectivity index (χ3v) is 5.54. The molecule has 0 radical (unpaired) electrons. The number of carbonyl (C=O) groups is 1. The molecule has 4 rings (SSSR count). The summed E-state index contributed by atoms with van der Waals surface area (Å²) in [5.41, 5.74) is 1.06. The molecule has 0 saturated carbocycles. The number of anilines is 1. The number of hydrogen-bond donors (Lipinski definition) is 3. The molecule has 9 nitrogen and oxygen atoms in total. The van der Waals surface area contributed by atoms with Crippen molar-refractivity contribution in [1.29, 1.82) is 5.41 Å². The van der Waals surface area contributed by atoms with Crippen molar-refractivity contribution < 1.29 is 23.2 Å². The van der Waals surface area contributed by atoms with E-state index in [4.69, 9.17) is 15.0 Å². The van der Waals surface area contributed by atoms with Gasteiger partial charge < -0.3 is 19.8 Å². The van der Waals surface area contributed by atoms with Gasteiger partial charge in [0.2, 0.25) is 0 Å². The maximum atomic E-state index is 14.5. The third kappa shape index (κ3) is 5.25. The zero-order valence-corrected chi connectivity index (χ0v) is 18.0. The van der Waals surface area contributed by atoms with Gasteiger partial charge in [0.1, 0.15) is 23.5 Å². The predicted molar refractivity (Wildman–Crippen MR) is 119 cm³/mol. The molecule has 0 atom stereocenters. The van der Waals surface area contributed by atoms with E-state index in [0.29, 0.717) is 42.9 Å². The first-order valence-corrected chi connectivity index (χ1v) is 10.6. The summed E-state index contributed by atoms with van der Waals surface area (Å²) in [5, 5.41) is 24.6. The summed E-state index contributed by atoms with van der Waals surface area (Å²) >= 11 is 0. The number of halogens is 2. The Balaban J connectivity index is 1.55. The standard InChI is InChI=1S/C23H22F2N6O3/c24-16-4-2-1-3-15(16)12-27-20(19-7-10-34-30-19)11-18(26)21-28-13-17(25)22(29-21)31-8-5-14(6-9-31)23(32)33/h1-4,7,10-11,13-14,26-27H,5-6,8-9,12H2,(H,32,33)/b20-11-,26-18?. The van der Waals surface area contributed by atoms with Gasteiger partial charge in [-0.15, -0.1) is 0 Å². The molecule has 1 aromatic carbocycles. The maximum Gasteiger partial charge on any atom is 0.306 e. The highest BCUT2D eigenvalue weighted by atomic mass is 19.1. The Morgan fingerprint density at radius 3 is 2.68 bits per heavy atom. The van der Waals surface area contributed by atoms with Crippen molar-refractivity contribution in [3.63, 3.8) is 0 Å². The van der Waals surface area contributed by atoms with Crippen molar-refractivity contribution >= 4 is 23.2 Å². The topological polar surface area (TPSA) is 128 Å². The molecule has 3 heterocycles. The van der Waals surface area contributed by atoms with Crippen LogP contribution in [0.3, 0.4) is 0 Å². The largest absolute Gasteiger partial charge is 0.481 e. The fourth-order valence-corrected chi connectivity index (χ4v) is 3.66. The summed E-state index contributed by atoms with van der Waals surface area (Å²) in [6, 6.07) is 7.88. The van der Waals surface area contributed by atoms with E-state index >= 15 is 0 Å². The van der Waals surface area contributed by atoms with Gasteiger partial charge in [0.05, 0.1) is 17.8 Å². The van der Waals surface area contributed by atoms with Crippen LogP contribution in [0, 0.1) is 23.0 Å². The minimum absolute atomic E-state index is 0.0225. The Labute approximate surface area is 193 Å². The number of nitrogens with zero attached hydrogens (tertiary/aromatic N) is 4. The summed E-state index contributed by atoms with van der Waals surface area (Å²) < 4.78 is 33.4. The van der Waals surface area contributed by atoms with Gasteiger partial charge in [-0.25, -0.2) is 18.7 Å². The first-order valence-electron chi connectivity index (χ1n) is 10.6. The van der Waals surface area contributed by atoms with Crippen LogP contribution in [0.2, 0.25) is 0 Å². The minimum atomic E-state index is -0.862. The van der Waals surface area contributed by atoms with Gasteiger partial charge in [0.25, 0.3) is 0 Å². The van der Waals surface area contributed by atoms with E-state index in [0.717, 1.165) is 6.20 Å². The lowest BCUT2D eigenvalue weighted by Crippen LogP contribution is -2.37. The SMILES string of the molecule is N=C(/C=C(\NCc1ccccc1F)c1ccon1)c1ncc(F)c(N2CCC(C(=O)O)CC2)n1. The number of rotatable bonds is 8. The van der Waals surface area contributed by atoms with Crippen molar-refractivity contribution in [2.24, 2.45) is 5.92 Å². The number of hydrogen-bond acceptors (Lipinski definition) is 8. The number of aromatic nitrogens is 3. The van der Waals surface area contributed by atoms with Gasteiger partial charge >= 0.3 is 5.97 Å². The van der Waals surface area contributed by atoms with Crippen LogP contribution in [0.25, 0.3) is 5.70 Å². The smallest absolute Gasteiger partial charge is 0.306 e. The van der Waals surface area contributed by atoms with Crippen molar-refractivity contribution in [3.05, 3.63) is 77.6 Å². The van der Waals surface area contributed by atoms with E-state index in [1.165, 1.54) is 18.4 Å². The molecular formula is C23H22F2N6O3. The van der Waals surface area contributed by atoms with Crippen LogP contribution < -0.4 is 10.2 Å². The van der Waals surface area contributed by atoms with Crippen LogP contribution in [-0.4, -0.2) is 45.0 Å². The average Bonchev–Trinajstić information content (AvgIpc) is 3.38. The Morgan fingerprint density at radius 2 is 2.00 bits per heavy atom. The second-order valence-electron chi connectivity index (χ2n) is 7.77. The molecule has 1 saturated heterocycles. The molecular weight excluding hydrogens is 446 g/mol. The fraction of sp³-hybridized carbons (Fsp3) is 0.261. The van der Waals surface area contributed by atoms with E-state index < -0.39 is 17.7 Å². The monoisotopic (exact) mass is 468 g/mol. The molecule has 1 fully saturated rings. The van der Waals surface area contributed by atoms with Crippen LogP contribution in [0.5, 0.6) is 0 Å². The zero-order chi connectivity index (χ0) is 24.1. The van der Waals surface area contributed by atoms with Gasteiger partial charge in [-0.05, 0) is 25.0 Å². The number of carboxylic acids is 1. The van der Waals surface area contributed by atoms with E-state index in [1.54, 1.807) is 29.2 Å². The van der Waals surface area contributed by atoms with E-state index in [-0.39, 0.29) is 29.7 Å². The van der Waals surface area contributed by atoms with E-state index in [9.17, 15) is 13.6 Å². The maximum absolute atomic E-state index is 14.5. The normalized spacial score (nSPS) is 14.8. The summed E-state index contributed by atoms with van der Waals surface area (Å²) in [6.07, 6.45) is 4.52. The molecule has 3 N–H and O–H groups in total. The number of allylic oxidation sites excluding steroid dienone is 1. The van der Waals surface area contributed by atoms with Crippen molar-refractivity contribution in [3.8, 4) is 0 Å². The van der Waals surface area contributed by atoms with Crippen LogP contribution >= 0.6 is 0 Å². The first-order chi connectivity index (χ1) is 16.4. The Kier molecular flexibility index (Phi) is 6.90. The molecule has 176 valence electrons. The summed E-state index contributed by atoms with van der Waals surface area (Å²) in [5.74, 6) is -2.35. The second-order valence-corrected chi connectivity index (χ2v) is 7.77. The van der Waals surface area contributed by atoms with Gasteiger partial charge in [-0.3, -0.25) is 10.2 Å². The van der Waals surface area contributed by atoms with Gasteiger partial charge in [-0.1, -0.05) is 23.4 Å².